The Bertz CT molecular complexity index is 499. The number of aromatic carboxylic acids is 1. The van der Waals surface area contributed by atoms with E-state index in [-0.39, 0.29) is 16.3 Å². The lowest BCUT2D eigenvalue weighted by Crippen LogP contribution is -2.28. The summed E-state index contributed by atoms with van der Waals surface area (Å²) in [5.74, 6) is -2.07. The number of carboxylic acid groups (broad SMARTS) is 1. The number of carbonyl (C=O) groups excluding carboxylic acids is 1. The minimum atomic E-state index is -4.42. The Hall–Kier alpha value is -1.64. The van der Waals surface area contributed by atoms with Crippen molar-refractivity contribution in [2.24, 2.45) is 0 Å². The summed E-state index contributed by atoms with van der Waals surface area (Å²) in [6.07, 6.45) is -6.39. The zero-order chi connectivity index (χ0) is 14.8. The van der Waals surface area contributed by atoms with E-state index < -0.39 is 30.9 Å². The standard InChI is InChI=1S/C10H11F3N2O3S/c1-5-7(9(17)18)8(19-14-5)15(2)6(16)3-4-10(11,12)13/h3-4H2,1-2H3,(H,17,18). The molecular formula is C10H11F3N2O3S. The highest BCUT2D eigenvalue weighted by Crippen LogP contribution is 2.29. The van der Waals surface area contributed by atoms with Gasteiger partial charge in [-0.2, -0.15) is 17.5 Å². The zero-order valence-corrected chi connectivity index (χ0v) is 10.9. The molecule has 0 radical (unpaired) electrons. The van der Waals surface area contributed by atoms with Crippen LogP contribution in [0.2, 0.25) is 0 Å². The Labute approximate surface area is 110 Å². The summed E-state index contributed by atoms with van der Waals surface area (Å²) >= 11 is 0.767. The number of hydrogen-bond acceptors (Lipinski definition) is 4. The van der Waals surface area contributed by atoms with Crippen LogP contribution in [0.1, 0.15) is 28.9 Å². The van der Waals surface area contributed by atoms with Gasteiger partial charge in [-0.3, -0.25) is 4.79 Å². The van der Waals surface area contributed by atoms with Crippen molar-refractivity contribution in [1.82, 2.24) is 4.37 Å². The average Bonchev–Trinajstić information content (AvgIpc) is 2.66. The van der Waals surface area contributed by atoms with Crippen molar-refractivity contribution in [1.29, 1.82) is 0 Å². The summed E-state index contributed by atoms with van der Waals surface area (Å²) in [6, 6.07) is 0. The number of alkyl halides is 3. The number of amides is 1. The topological polar surface area (TPSA) is 70.5 Å². The van der Waals surface area contributed by atoms with Crippen LogP contribution in [-0.2, 0) is 4.79 Å². The number of aryl methyl sites for hydroxylation is 1. The van der Waals surface area contributed by atoms with Crippen molar-refractivity contribution >= 4 is 28.4 Å². The second-order valence-electron chi connectivity index (χ2n) is 3.82. The zero-order valence-electron chi connectivity index (χ0n) is 10.1. The second kappa shape index (κ2) is 5.55. The van der Waals surface area contributed by atoms with Gasteiger partial charge in [-0.15, -0.1) is 0 Å². The summed E-state index contributed by atoms with van der Waals surface area (Å²) in [4.78, 5) is 23.5. The molecule has 0 unspecified atom stereocenters. The van der Waals surface area contributed by atoms with E-state index in [9.17, 15) is 22.8 Å². The van der Waals surface area contributed by atoms with Crippen LogP contribution >= 0.6 is 11.5 Å². The fourth-order valence-electron chi connectivity index (χ4n) is 1.36. The van der Waals surface area contributed by atoms with E-state index in [4.69, 9.17) is 5.11 Å². The Kier molecular flexibility index (Phi) is 4.51. The molecule has 1 aromatic heterocycles. The molecule has 0 aliphatic rings. The van der Waals surface area contributed by atoms with Crippen LogP contribution in [0.5, 0.6) is 0 Å². The van der Waals surface area contributed by atoms with E-state index in [1.807, 2.05) is 0 Å². The van der Waals surface area contributed by atoms with E-state index in [2.05, 4.69) is 4.37 Å². The smallest absolute Gasteiger partial charge is 0.389 e. The largest absolute Gasteiger partial charge is 0.478 e. The highest BCUT2D eigenvalue weighted by molar-refractivity contribution is 7.11. The number of rotatable bonds is 4. The van der Waals surface area contributed by atoms with Crippen LogP contribution in [0.15, 0.2) is 0 Å². The number of halogens is 3. The molecular weight excluding hydrogens is 285 g/mol. The minimum absolute atomic E-state index is 0.0391. The number of carbonyl (C=O) groups is 2. The predicted octanol–water partition coefficient (Wildman–Crippen LogP) is 2.46. The van der Waals surface area contributed by atoms with Crippen LogP contribution in [0, 0.1) is 6.92 Å². The fraction of sp³-hybridized carbons (Fsp3) is 0.500. The highest BCUT2D eigenvalue weighted by atomic mass is 32.1. The summed E-state index contributed by atoms with van der Waals surface area (Å²) in [5, 5.41) is 9.01. The molecule has 1 rings (SSSR count). The lowest BCUT2D eigenvalue weighted by atomic mass is 10.2. The lowest BCUT2D eigenvalue weighted by Gasteiger charge is -2.16. The maximum Gasteiger partial charge on any atom is 0.389 e. The molecule has 1 aromatic rings. The molecule has 5 nitrogen and oxygen atoms in total. The molecule has 0 saturated carbocycles. The first-order valence-corrected chi connectivity index (χ1v) is 5.93. The van der Waals surface area contributed by atoms with Gasteiger partial charge in [0.05, 0.1) is 12.1 Å². The van der Waals surface area contributed by atoms with Gasteiger partial charge in [-0.1, -0.05) is 0 Å². The number of aromatic nitrogens is 1. The third-order valence-electron chi connectivity index (χ3n) is 2.36. The SMILES string of the molecule is Cc1nsc(N(C)C(=O)CCC(F)(F)F)c1C(=O)O. The molecule has 0 saturated heterocycles. The Morgan fingerprint density at radius 1 is 1.42 bits per heavy atom. The van der Waals surface area contributed by atoms with E-state index >= 15 is 0 Å². The maximum atomic E-state index is 12.0. The fourth-order valence-corrected chi connectivity index (χ4v) is 2.23. The van der Waals surface area contributed by atoms with Gasteiger partial charge >= 0.3 is 12.1 Å². The Morgan fingerprint density at radius 2 is 2.00 bits per heavy atom. The minimum Gasteiger partial charge on any atom is -0.478 e. The summed E-state index contributed by atoms with van der Waals surface area (Å²) in [5.41, 5.74) is 0.0656. The van der Waals surface area contributed by atoms with Gasteiger partial charge in [-0.05, 0) is 18.5 Å². The van der Waals surface area contributed by atoms with Crippen molar-refractivity contribution in [3.8, 4) is 0 Å². The normalized spacial score (nSPS) is 11.4. The summed E-state index contributed by atoms with van der Waals surface area (Å²) in [7, 11) is 1.23. The van der Waals surface area contributed by atoms with Crippen LogP contribution in [0.3, 0.4) is 0 Å². The quantitative estimate of drug-likeness (QED) is 0.926. The van der Waals surface area contributed by atoms with Crippen molar-refractivity contribution < 1.29 is 27.9 Å². The van der Waals surface area contributed by atoms with E-state index in [0.29, 0.717) is 0 Å². The van der Waals surface area contributed by atoms with Crippen molar-refractivity contribution in [3.63, 3.8) is 0 Å². The summed E-state index contributed by atoms with van der Waals surface area (Å²) in [6.45, 7) is 1.46. The van der Waals surface area contributed by atoms with Crippen molar-refractivity contribution in [2.45, 2.75) is 25.9 Å². The maximum absolute atomic E-state index is 12.0. The lowest BCUT2D eigenvalue weighted by molar-refractivity contribution is -0.142. The number of carboxylic acids is 1. The number of nitrogens with zero attached hydrogens (tertiary/aromatic N) is 2. The van der Waals surface area contributed by atoms with Crippen molar-refractivity contribution in [3.05, 3.63) is 11.3 Å². The number of anilines is 1. The van der Waals surface area contributed by atoms with Gasteiger partial charge < -0.3 is 10.0 Å². The van der Waals surface area contributed by atoms with E-state index in [1.165, 1.54) is 14.0 Å². The average molecular weight is 296 g/mol. The van der Waals surface area contributed by atoms with Crippen LogP contribution in [-0.4, -0.2) is 34.6 Å². The molecule has 0 aliphatic heterocycles. The Balaban J connectivity index is 2.86. The molecule has 1 N–H and O–H groups in total. The molecule has 106 valence electrons. The number of hydrogen-bond donors (Lipinski definition) is 1. The van der Waals surface area contributed by atoms with Gasteiger partial charge in [-0.25, -0.2) is 4.79 Å². The molecule has 0 fully saturated rings. The van der Waals surface area contributed by atoms with E-state index in [0.717, 1.165) is 16.4 Å². The molecule has 0 spiro atoms. The monoisotopic (exact) mass is 296 g/mol. The van der Waals surface area contributed by atoms with Crippen molar-refractivity contribution in [2.75, 3.05) is 11.9 Å². The van der Waals surface area contributed by atoms with Gasteiger partial charge in [0.15, 0.2) is 0 Å². The molecule has 1 heterocycles. The van der Waals surface area contributed by atoms with Gasteiger partial charge in [0.2, 0.25) is 5.91 Å². The second-order valence-corrected chi connectivity index (χ2v) is 4.57. The molecule has 19 heavy (non-hydrogen) atoms. The third-order valence-corrected chi connectivity index (χ3v) is 3.38. The Morgan fingerprint density at radius 3 is 2.47 bits per heavy atom. The van der Waals surface area contributed by atoms with Crippen LogP contribution in [0.4, 0.5) is 18.2 Å². The molecule has 0 aliphatic carbocycles. The first-order valence-electron chi connectivity index (χ1n) is 5.16. The van der Waals surface area contributed by atoms with Crippen LogP contribution in [0.25, 0.3) is 0 Å². The van der Waals surface area contributed by atoms with Gasteiger partial charge in [0.1, 0.15) is 10.6 Å². The summed E-state index contributed by atoms with van der Waals surface area (Å²) < 4.78 is 39.9. The molecule has 1 amide bonds. The van der Waals surface area contributed by atoms with Crippen LogP contribution < -0.4 is 4.90 Å². The molecule has 9 heteroatoms. The van der Waals surface area contributed by atoms with Gasteiger partial charge in [0, 0.05) is 13.5 Å². The first-order chi connectivity index (χ1) is 8.63. The molecule has 0 atom stereocenters. The molecule has 0 aromatic carbocycles. The first kappa shape index (κ1) is 15.4. The third kappa shape index (κ3) is 3.91. The molecule has 0 bridgehead atoms. The predicted molar refractivity (Wildman–Crippen MR) is 62.5 cm³/mol. The van der Waals surface area contributed by atoms with E-state index in [1.54, 1.807) is 0 Å². The van der Waals surface area contributed by atoms with Gasteiger partial charge in [0.25, 0.3) is 0 Å². The highest BCUT2D eigenvalue weighted by Gasteiger charge is 2.30.